The van der Waals surface area contributed by atoms with E-state index in [1.165, 1.54) is 5.56 Å². The van der Waals surface area contributed by atoms with Crippen molar-refractivity contribution in [2.45, 2.75) is 6.54 Å². The number of rotatable bonds is 1. The number of nitrogens with zero attached hydrogens (tertiary/aromatic N) is 1. The van der Waals surface area contributed by atoms with Crippen molar-refractivity contribution < 1.29 is 9.47 Å². The molecule has 1 aromatic rings. The van der Waals surface area contributed by atoms with Gasteiger partial charge in [0.25, 0.3) is 0 Å². The Morgan fingerprint density at radius 1 is 1.46 bits per heavy atom. The predicted octanol–water partition coefficient (Wildman–Crippen LogP) is 1.48. The van der Waals surface area contributed by atoms with Crippen molar-refractivity contribution in [3.63, 3.8) is 0 Å². The summed E-state index contributed by atoms with van der Waals surface area (Å²) in [5.74, 6) is 1.79. The van der Waals surface area contributed by atoms with Gasteiger partial charge < -0.3 is 9.47 Å². The van der Waals surface area contributed by atoms with E-state index >= 15 is 0 Å². The average Bonchev–Trinajstić information content (AvgIpc) is 2.17. The Morgan fingerprint density at radius 2 is 2.31 bits per heavy atom. The van der Waals surface area contributed by atoms with Crippen LogP contribution in [0.25, 0.3) is 0 Å². The van der Waals surface area contributed by atoms with Crippen LogP contribution in [0.2, 0.25) is 0 Å². The van der Waals surface area contributed by atoms with Crippen LogP contribution in [0.3, 0.4) is 0 Å². The quantitative estimate of drug-likeness (QED) is 0.651. The molecule has 13 heavy (non-hydrogen) atoms. The lowest BCUT2D eigenvalue weighted by atomic mass is 10.1. The van der Waals surface area contributed by atoms with Gasteiger partial charge in [0.15, 0.2) is 0 Å². The van der Waals surface area contributed by atoms with Crippen LogP contribution in [-0.2, 0) is 6.54 Å². The Kier molecular flexibility index (Phi) is 2.10. The first kappa shape index (κ1) is 8.38. The third-order valence-electron chi connectivity index (χ3n) is 2.16. The summed E-state index contributed by atoms with van der Waals surface area (Å²) in [4.78, 5) is 2.12. The molecule has 0 aromatic heterocycles. The molecule has 3 nitrogen and oxygen atoms in total. The highest BCUT2D eigenvalue weighted by atomic mass is 16.5. The number of ether oxygens (including phenoxy) is 2. The molecule has 70 valence electrons. The van der Waals surface area contributed by atoms with Gasteiger partial charge in [-0.05, 0) is 13.1 Å². The van der Waals surface area contributed by atoms with E-state index < -0.39 is 0 Å². The molecule has 1 heterocycles. The SMILES string of the molecule is COc1ccc2c(c1)OCN(C)C2. The summed E-state index contributed by atoms with van der Waals surface area (Å²) in [6, 6.07) is 5.94. The van der Waals surface area contributed by atoms with Crippen LogP contribution in [0, 0.1) is 0 Å². The van der Waals surface area contributed by atoms with Gasteiger partial charge in [0.1, 0.15) is 18.2 Å². The Balaban J connectivity index is 2.31. The Morgan fingerprint density at radius 3 is 3.08 bits per heavy atom. The molecule has 0 fully saturated rings. The minimum atomic E-state index is 0.653. The van der Waals surface area contributed by atoms with Crippen LogP contribution in [0.5, 0.6) is 11.5 Å². The third kappa shape index (κ3) is 1.60. The fourth-order valence-corrected chi connectivity index (χ4v) is 1.44. The topological polar surface area (TPSA) is 21.7 Å². The molecule has 0 unspecified atom stereocenters. The number of fused-ring (bicyclic) bond motifs is 1. The van der Waals surface area contributed by atoms with Crippen LogP contribution < -0.4 is 9.47 Å². The number of hydrogen-bond acceptors (Lipinski definition) is 3. The molecular weight excluding hydrogens is 166 g/mol. The fourth-order valence-electron chi connectivity index (χ4n) is 1.44. The van der Waals surface area contributed by atoms with Crippen LogP contribution in [0.1, 0.15) is 5.56 Å². The summed E-state index contributed by atoms with van der Waals surface area (Å²) in [6.45, 7) is 1.60. The molecule has 0 saturated carbocycles. The largest absolute Gasteiger partial charge is 0.497 e. The summed E-state index contributed by atoms with van der Waals surface area (Å²) in [5, 5.41) is 0. The highest BCUT2D eigenvalue weighted by Gasteiger charge is 2.14. The zero-order valence-electron chi connectivity index (χ0n) is 7.91. The van der Waals surface area contributed by atoms with Gasteiger partial charge >= 0.3 is 0 Å². The summed E-state index contributed by atoms with van der Waals surface area (Å²) in [7, 11) is 3.70. The Bertz CT molecular complexity index is 312. The maximum absolute atomic E-state index is 5.52. The predicted molar refractivity (Wildman–Crippen MR) is 50.0 cm³/mol. The molecule has 1 aliphatic heterocycles. The highest BCUT2D eigenvalue weighted by Crippen LogP contribution is 2.28. The van der Waals surface area contributed by atoms with E-state index in [0.29, 0.717) is 6.73 Å². The van der Waals surface area contributed by atoms with Gasteiger partial charge in [-0.3, -0.25) is 4.90 Å². The maximum atomic E-state index is 5.52. The Labute approximate surface area is 77.9 Å². The molecule has 0 aliphatic carbocycles. The summed E-state index contributed by atoms with van der Waals surface area (Å²) >= 11 is 0. The zero-order chi connectivity index (χ0) is 9.26. The lowest BCUT2D eigenvalue weighted by molar-refractivity contribution is 0.121. The van der Waals surface area contributed by atoms with Crippen LogP contribution >= 0.6 is 0 Å². The van der Waals surface area contributed by atoms with E-state index in [9.17, 15) is 0 Å². The average molecular weight is 179 g/mol. The second-order valence-electron chi connectivity index (χ2n) is 3.26. The molecule has 0 atom stereocenters. The molecule has 0 bridgehead atoms. The van der Waals surface area contributed by atoms with E-state index in [1.807, 2.05) is 25.2 Å². The summed E-state index contributed by atoms with van der Waals surface area (Å²) in [6.07, 6.45) is 0. The molecule has 2 rings (SSSR count). The van der Waals surface area contributed by atoms with Gasteiger partial charge in [-0.25, -0.2) is 0 Å². The monoisotopic (exact) mass is 179 g/mol. The molecule has 0 amide bonds. The van der Waals surface area contributed by atoms with Crippen LogP contribution in [0.15, 0.2) is 18.2 Å². The molecular formula is C10H13NO2. The standard InChI is InChI=1S/C10H13NO2/c1-11-6-8-3-4-9(12-2)5-10(8)13-7-11/h3-5H,6-7H2,1-2H3. The molecule has 0 N–H and O–H groups in total. The van der Waals surface area contributed by atoms with E-state index in [4.69, 9.17) is 9.47 Å². The lowest BCUT2D eigenvalue weighted by Gasteiger charge is -2.25. The molecule has 3 heteroatoms. The van der Waals surface area contributed by atoms with Gasteiger partial charge in [-0.2, -0.15) is 0 Å². The first-order valence-electron chi connectivity index (χ1n) is 4.28. The lowest BCUT2D eigenvalue weighted by Crippen LogP contribution is -2.27. The van der Waals surface area contributed by atoms with Gasteiger partial charge in [-0.1, -0.05) is 6.07 Å². The number of hydrogen-bond donors (Lipinski definition) is 0. The zero-order valence-corrected chi connectivity index (χ0v) is 7.91. The van der Waals surface area contributed by atoms with E-state index in [-0.39, 0.29) is 0 Å². The van der Waals surface area contributed by atoms with Crippen molar-refractivity contribution in [2.75, 3.05) is 20.9 Å². The normalized spacial score (nSPS) is 16.2. The van der Waals surface area contributed by atoms with Crippen molar-refractivity contribution in [2.24, 2.45) is 0 Å². The smallest absolute Gasteiger partial charge is 0.142 e. The minimum absolute atomic E-state index is 0.653. The second-order valence-corrected chi connectivity index (χ2v) is 3.26. The van der Waals surface area contributed by atoms with Crippen molar-refractivity contribution in [3.05, 3.63) is 23.8 Å². The van der Waals surface area contributed by atoms with Crippen LogP contribution in [-0.4, -0.2) is 25.8 Å². The van der Waals surface area contributed by atoms with Crippen molar-refractivity contribution >= 4 is 0 Å². The van der Waals surface area contributed by atoms with Gasteiger partial charge in [0.2, 0.25) is 0 Å². The molecule has 0 spiro atoms. The van der Waals surface area contributed by atoms with Crippen molar-refractivity contribution in [3.8, 4) is 11.5 Å². The van der Waals surface area contributed by atoms with Gasteiger partial charge in [-0.15, -0.1) is 0 Å². The molecule has 0 saturated heterocycles. The van der Waals surface area contributed by atoms with Crippen molar-refractivity contribution in [1.82, 2.24) is 4.90 Å². The second kappa shape index (κ2) is 3.26. The Hall–Kier alpha value is -1.22. The van der Waals surface area contributed by atoms with Crippen LogP contribution in [0.4, 0.5) is 0 Å². The minimum Gasteiger partial charge on any atom is -0.497 e. The van der Waals surface area contributed by atoms with E-state index in [0.717, 1.165) is 18.0 Å². The third-order valence-corrected chi connectivity index (χ3v) is 2.16. The molecule has 1 aromatic carbocycles. The number of methoxy groups -OCH3 is 1. The first-order valence-corrected chi connectivity index (χ1v) is 4.28. The molecule has 0 radical (unpaired) electrons. The highest BCUT2D eigenvalue weighted by molar-refractivity contribution is 5.41. The summed E-state index contributed by atoms with van der Waals surface area (Å²) < 4.78 is 10.6. The summed E-state index contributed by atoms with van der Waals surface area (Å²) in [5.41, 5.74) is 1.22. The fraction of sp³-hybridized carbons (Fsp3) is 0.400. The first-order chi connectivity index (χ1) is 6.29. The van der Waals surface area contributed by atoms with Gasteiger partial charge in [0.05, 0.1) is 7.11 Å². The number of benzene rings is 1. The van der Waals surface area contributed by atoms with Gasteiger partial charge in [0, 0.05) is 18.2 Å². The van der Waals surface area contributed by atoms with E-state index in [1.54, 1.807) is 7.11 Å². The van der Waals surface area contributed by atoms with E-state index in [2.05, 4.69) is 4.90 Å². The maximum Gasteiger partial charge on any atom is 0.142 e. The van der Waals surface area contributed by atoms with Crippen molar-refractivity contribution in [1.29, 1.82) is 0 Å². The molecule has 1 aliphatic rings.